The van der Waals surface area contributed by atoms with Crippen LogP contribution in [0.4, 0.5) is 0 Å². The molecule has 98 valence electrons. The summed E-state index contributed by atoms with van der Waals surface area (Å²) in [5.41, 5.74) is -0.422. The van der Waals surface area contributed by atoms with Crippen molar-refractivity contribution in [2.75, 3.05) is 6.61 Å². The molecule has 1 aliphatic rings. The fraction of sp³-hybridized carbons (Fsp3) is 0.846. The molecule has 0 aromatic carbocycles. The fourth-order valence-corrected chi connectivity index (χ4v) is 1.87. The first-order chi connectivity index (χ1) is 7.77. The van der Waals surface area contributed by atoms with E-state index in [1.165, 1.54) is 0 Å². The maximum Gasteiger partial charge on any atom is 0.319 e. The van der Waals surface area contributed by atoms with E-state index < -0.39 is 17.3 Å². The van der Waals surface area contributed by atoms with Crippen LogP contribution in [0.3, 0.4) is 0 Å². The van der Waals surface area contributed by atoms with Gasteiger partial charge in [0.2, 0.25) is 5.91 Å². The van der Waals surface area contributed by atoms with E-state index >= 15 is 0 Å². The molecule has 1 aliphatic carbocycles. The lowest BCUT2D eigenvalue weighted by molar-refractivity contribution is -0.156. The van der Waals surface area contributed by atoms with Crippen LogP contribution in [0.15, 0.2) is 0 Å². The van der Waals surface area contributed by atoms with E-state index in [0.717, 1.165) is 6.42 Å². The molecule has 17 heavy (non-hydrogen) atoms. The topological polar surface area (TPSA) is 55.4 Å². The van der Waals surface area contributed by atoms with E-state index in [4.69, 9.17) is 4.74 Å². The maximum atomic E-state index is 12.1. The Morgan fingerprint density at radius 3 is 2.29 bits per heavy atom. The summed E-state index contributed by atoms with van der Waals surface area (Å²) in [4.78, 5) is 23.9. The van der Waals surface area contributed by atoms with Crippen molar-refractivity contribution in [1.29, 1.82) is 0 Å². The minimum Gasteiger partial charge on any atom is -0.465 e. The van der Waals surface area contributed by atoms with Crippen LogP contribution in [0.5, 0.6) is 0 Å². The number of amides is 1. The molecule has 1 fully saturated rings. The smallest absolute Gasteiger partial charge is 0.319 e. The first-order valence-corrected chi connectivity index (χ1v) is 6.24. The summed E-state index contributed by atoms with van der Waals surface area (Å²) in [5.74, 6) is -0.826. The van der Waals surface area contributed by atoms with Crippen LogP contribution in [-0.2, 0) is 14.3 Å². The molecular formula is C13H23NO3. The maximum absolute atomic E-state index is 12.1. The van der Waals surface area contributed by atoms with Crippen LogP contribution in [0.25, 0.3) is 0 Å². The van der Waals surface area contributed by atoms with Gasteiger partial charge in [-0.1, -0.05) is 27.7 Å². The molecule has 0 aromatic heterocycles. The Balaban J connectivity index is 2.68. The van der Waals surface area contributed by atoms with Gasteiger partial charge < -0.3 is 10.1 Å². The highest BCUT2D eigenvalue weighted by atomic mass is 16.5. The van der Waals surface area contributed by atoms with E-state index in [1.54, 1.807) is 6.92 Å². The minimum absolute atomic E-state index is 0.203. The van der Waals surface area contributed by atoms with Crippen LogP contribution >= 0.6 is 0 Å². The van der Waals surface area contributed by atoms with Gasteiger partial charge in [0.25, 0.3) is 0 Å². The first kappa shape index (κ1) is 14.0. The Labute approximate surface area is 103 Å². The molecule has 4 heteroatoms. The second kappa shape index (κ2) is 5.07. The van der Waals surface area contributed by atoms with Crippen molar-refractivity contribution >= 4 is 11.9 Å². The number of hydrogen-bond acceptors (Lipinski definition) is 3. The number of rotatable bonds is 4. The SMILES string of the molecule is CCOC(=O)C(C(=O)NC1CC1C)C(C)(C)C. The number of ether oxygens (including phenoxy) is 1. The standard InChI is InChI=1S/C13H23NO3/c1-6-17-12(16)10(13(3,4)5)11(15)14-9-7-8(9)2/h8-10H,6-7H2,1-5H3,(H,14,15). The highest BCUT2D eigenvalue weighted by molar-refractivity contribution is 5.98. The Morgan fingerprint density at radius 2 is 1.94 bits per heavy atom. The van der Waals surface area contributed by atoms with Crippen molar-refractivity contribution in [3.05, 3.63) is 0 Å². The van der Waals surface area contributed by atoms with Gasteiger partial charge in [0.1, 0.15) is 5.92 Å². The van der Waals surface area contributed by atoms with Gasteiger partial charge in [-0.3, -0.25) is 9.59 Å². The van der Waals surface area contributed by atoms with E-state index in [2.05, 4.69) is 12.2 Å². The van der Waals surface area contributed by atoms with Crippen molar-refractivity contribution in [1.82, 2.24) is 5.32 Å². The summed E-state index contributed by atoms with van der Waals surface area (Å²) in [7, 11) is 0. The number of esters is 1. The van der Waals surface area contributed by atoms with Crippen LogP contribution in [0.2, 0.25) is 0 Å². The third-order valence-electron chi connectivity index (χ3n) is 3.09. The van der Waals surface area contributed by atoms with Gasteiger partial charge in [-0.15, -0.1) is 0 Å². The van der Waals surface area contributed by atoms with Gasteiger partial charge in [-0.05, 0) is 24.7 Å². The highest BCUT2D eigenvalue weighted by Gasteiger charge is 2.42. The van der Waals surface area contributed by atoms with Crippen molar-refractivity contribution in [3.8, 4) is 0 Å². The van der Waals surface area contributed by atoms with Crippen molar-refractivity contribution < 1.29 is 14.3 Å². The summed E-state index contributed by atoms with van der Waals surface area (Å²) < 4.78 is 4.98. The van der Waals surface area contributed by atoms with Crippen molar-refractivity contribution in [2.45, 2.75) is 47.1 Å². The third kappa shape index (κ3) is 3.72. The molecule has 4 nitrogen and oxygen atoms in total. The summed E-state index contributed by atoms with van der Waals surface area (Å²) >= 11 is 0. The summed E-state index contributed by atoms with van der Waals surface area (Å²) in [6, 6.07) is 0.238. The molecule has 0 spiro atoms. The van der Waals surface area contributed by atoms with Crippen LogP contribution < -0.4 is 5.32 Å². The van der Waals surface area contributed by atoms with E-state index in [9.17, 15) is 9.59 Å². The van der Waals surface area contributed by atoms with Gasteiger partial charge in [0.15, 0.2) is 0 Å². The number of nitrogens with one attached hydrogen (secondary N) is 1. The van der Waals surface area contributed by atoms with Crippen LogP contribution in [0.1, 0.15) is 41.0 Å². The first-order valence-electron chi connectivity index (χ1n) is 6.24. The molecule has 0 aromatic rings. The lowest BCUT2D eigenvalue weighted by atomic mass is 9.80. The van der Waals surface area contributed by atoms with Crippen molar-refractivity contribution in [2.24, 2.45) is 17.3 Å². The molecule has 0 aliphatic heterocycles. The Kier molecular flexibility index (Phi) is 4.17. The number of carbonyl (C=O) groups excluding carboxylic acids is 2. The average molecular weight is 241 g/mol. The predicted octanol–water partition coefficient (Wildman–Crippen LogP) is 1.74. The molecule has 0 saturated heterocycles. The van der Waals surface area contributed by atoms with Crippen molar-refractivity contribution in [3.63, 3.8) is 0 Å². The molecular weight excluding hydrogens is 218 g/mol. The quantitative estimate of drug-likeness (QED) is 0.602. The molecule has 3 unspecified atom stereocenters. The second-order valence-electron chi connectivity index (χ2n) is 5.88. The third-order valence-corrected chi connectivity index (χ3v) is 3.09. The molecule has 0 bridgehead atoms. The largest absolute Gasteiger partial charge is 0.465 e. The molecule has 1 saturated carbocycles. The Morgan fingerprint density at radius 1 is 1.41 bits per heavy atom. The second-order valence-corrected chi connectivity index (χ2v) is 5.88. The Bertz CT molecular complexity index is 306. The molecule has 0 heterocycles. The zero-order valence-corrected chi connectivity index (χ0v) is 11.4. The summed E-state index contributed by atoms with van der Waals surface area (Å²) in [6.45, 7) is 9.78. The van der Waals surface area contributed by atoms with Gasteiger partial charge in [-0.25, -0.2) is 0 Å². The molecule has 1 amide bonds. The van der Waals surface area contributed by atoms with Gasteiger partial charge in [0, 0.05) is 6.04 Å². The van der Waals surface area contributed by atoms with Gasteiger partial charge in [-0.2, -0.15) is 0 Å². The molecule has 1 N–H and O–H groups in total. The molecule has 1 rings (SSSR count). The van der Waals surface area contributed by atoms with Gasteiger partial charge >= 0.3 is 5.97 Å². The highest BCUT2D eigenvalue weighted by Crippen LogP contribution is 2.32. The van der Waals surface area contributed by atoms with E-state index in [-0.39, 0.29) is 11.9 Å². The Hall–Kier alpha value is -1.06. The molecule has 3 atom stereocenters. The zero-order valence-electron chi connectivity index (χ0n) is 11.4. The van der Waals surface area contributed by atoms with Crippen LogP contribution in [0, 0.1) is 17.3 Å². The minimum atomic E-state index is -0.727. The normalized spacial score (nSPS) is 25.0. The fourth-order valence-electron chi connectivity index (χ4n) is 1.87. The summed E-state index contributed by atoms with van der Waals surface area (Å²) in [6.07, 6.45) is 1.01. The zero-order chi connectivity index (χ0) is 13.2. The van der Waals surface area contributed by atoms with E-state index in [1.807, 2.05) is 20.8 Å². The number of carbonyl (C=O) groups is 2. The monoisotopic (exact) mass is 241 g/mol. The lowest BCUT2D eigenvalue weighted by Crippen LogP contribution is -2.44. The molecule has 0 radical (unpaired) electrons. The van der Waals surface area contributed by atoms with E-state index in [0.29, 0.717) is 12.5 Å². The average Bonchev–Trinajstić information content (AvgIpc) is 2.78. The lowest BCUT2D eigenvalue weighted by Gasteiger charge is -2.27. The summed E-state index contributed by atoms with van der Waals surface area (Å²) in [5, 5.41) is 2.91. The van der Waals surface area contributed by atoms with Crippen LogP contribution in [-0.4, -0.2) is 24.5 Å². The number of hydrogen-bond donors (Lipinski definition) is 1. The van der Waals surface area contributed by atoms with Gasteiger partial charge in [0.05, 0.1) is 6.61 Å². The predicted molar refractivity (Wildman–Crippen MR) is 65.3 cm³/mol.